The van der Waals surface area contributed by atoms with Crippen LogP contribution in [0.4, 0.5) is 5.69 Å². The Morgan fingerprint density at radius 3 is 2.35 bits per heavy atom. The van der Waals surface area contributed by atoms with E-state index in [1.807, 2.05) is 0 Å². The van der Waals surface area contributed by atoms with Gasteiger partial charge in [-0.15, -0.1) is 0 Å². The predicted molar refractivity (Wildman–Crippen MR) is 95.9 cm³/mol. The molecule has 1 atom stereocenters. The number of nitrogens with one attached hydrogen (secondary N) is 2. The molecule has 0 radical (unpaired) electrons. The van der Waals surface area contributed by atoms with Gasteiger partial charge < -0.3 is 29.7 Å². The lowest BCUT2D eigenvalue weighted by atomic mass is 10.0. The molecule has 0 spiro atoms. The van der Waals surface area contributed by atoms with Crippen molar-refractivity contribution in [2.45, 2.75) is 6.42 Å². The number of hydrogen-bond acceptors (Lipinski definition) is 6. The van der Waals surface area contributed by atoms with Crippen LogP contribution in [0.25, 0.3) is 0 Å². The van der Waals surface area contributed by atoms with Crippen molar-refractivity contribution in [2.24, 2.45) is 11.8 Å². The second-order valence-corrected chi connectivity index (χ2v) is 6.56. The molecule has 8 heteroatoms. The van der Waals surface area contributed by atoms with Gasteiger partial charge in [-0.2, -0.15) is 0 Å². The summed E-state index contributed by atoms with van der Waals surface area (Å²) in [6, 6.07) is 3.44. The van der Waals surface area contributed by atoms with E-state index in [0.717, 1.165) is 13.1 Å². The first-order valence-electron chi connectivity index (χ1n) is 8.66. The van der Waals surface area contributed by atoms with Gasteiger partial charge >= 0.3 is 0 Å². The Labute approximate surface area is 152 Å². The van der Waals surface area contributed by atoms with Crippen LogP contribution in [0.5, 0.6) is 17.2 Å². The fourth-order valence-corrected chi connectivity index (χ4v) is 3.24. The van der Waals surface area contributed by atoms with Gasteiger partial charge in [0.05, 0.1) is 32.9 Å². The Hall–Kier alpha value is -2.48. The molecule has 1 aromatic rings. The number of amides is 2. The molecule has 0 bridgehead atoms. The fourth-order valence-electron chi connectivity index (χ4n) is 3.24. The van der Waals surface area contributed by atoms with Crippen LogP contribution in [0.15, 0.2) is 12.1 Å². The van der Waals surface area contributed by atoms with Crippen LogP contribution in [0.2, 0.25) is 0 Å². The minimum atomic E-state index is -0.352. The topological polar surface area (TPSA) is 89.1 Å². The highest BCUT2D eigenvalue weighted by molar-refractivity contribution is 6.00. The fraction of sp³-hybridized carbons (Fsp3) is 0.556. The van der Waals surface area contributed by atoms with Gasteiger partial charge in [-0.1, -0.05) is 0 Å². The third kappa shape index (κ3) is 3.55. The first-order valence-corrected chi connectivity index (χ1v) is 8.66. The van der Waals surface area contributed by atoms with Gasteiger partial charge in [-0.25, -0.2) is 0 Å². The molecule has 1 unspecified atom stereocenters. The summed E-state index contributed by atoms with van der Waals surface area (Å²) in [5, 5.41) is 6.13. The van der Waals surface area contributed by atoms with Crippen LogP contribution in [0, 0.1) is 11.8 Å². The molecule has 2 aliphatic rings. The molecule has 0 aliphatic carbocycles. The number of anilines is 1. The van der Waals surface area contributed by atoms with E-state index in [1.165, 1.54) is 21.3 Å². The van der Waals surface area contributed by atoms with E-state index >= 15 is 0 Å². The second-order valence-electron chi connectivity index (χ2n) is 6.56. The van der Waals surface area contributed by atoms with Gasteiger partial charge in [-0.05, 0) is 0 Å². The SMILES string of the molecule is COc1cc(N2CC(C(=O)NCC3CNC3)CC2=O)cc(OC)c1OC. The monoisotopic (exact) mass is 363 g/mol. The number of ether oxygens (including phenoxy) is 3. The lowest BCUT2D eigenvalue weighted by Crippen LogP contribution is -2.49. The maximum atomic E-state index is 12.5. The highest BCUT2D eigenvalue weighted by atomic mass is 16.5. The predicted octanol–water partition coefficient (Wildman–Crippen LogP) is 0.401. The second kappa shape index (κ2) is 7.82. The largest absolute Gasteiger partial charge is 0.493 e. The molecule has 8 nitrogen and oxygen atoms in total. The van der Waals surface area contributed by atoms with Crippen molar-refractivity contribution in [1.29, 1.82) is 0 Å². The summed E-state index contributed by atoms with van der Waals surface area (Å²) in [6.07, 6.45) is 0.200. The average Bonchev–Trinajstić information content (AvgIpc) is 3.00. The third-order valence-corrected chi connectivity index (χ3v) is 4.89. The highest BCUT2D eigenvalue weighted by Crippen LogP contribution is 2.42. The minimum absolute atomic E-state index is 0.0693. The van der Waals surface area contributed by atoms with Crippen LogP contribution in [-0.4, -0.2) is 59.3 Å². The number of rotatable bonds is 7. The summed E-state index contributed by atoms with van der Waals surface area (Å²) in [4.78, 5) is 26.4. The first kappa shape index (κ1) is 18.3. The van der Waals surface area contributed by atoms with Crippen molar-refractivity contribution in [1.82, 2.24) is 10.6 Å². The number of carbonyl (C=O) groups excluding carboxylic acids is 2. The van der Waals surface area contributed by atoms with E-state index in [4.69, 9.17) is 14.2 Å². The molecule has 0 aromatic heterocycles. The molecular formula is C18H25N3O5. The van der Waals surface area contributed by atoms with E-state index in [0.29, 0.717) is 41.9 Å². The molecule has 2 fully saturated rings. The molecule has 2 N–H and O–H groups in total. The van der Waals surface area contributed by atoms with Crippen molar-refractivity contribution in [3.63, 3.8) is 0 Å². The van der Waals surface area contributed by atoms with Crippen molar-refractivity contribution < 1.29 is 23.8 Å². The Bertz CT molecular complexity index is 664. The molecule has 2 saturated heterocycles. The van der Waals surface area contributed by atoms with Crippen molar-refractivity contribution >= 4 is 17.5 Å². The van der Waals surface area contributed by atoms with Crippen LogP contribution in [-0.2, 0) is 9.59 Å². The summed E-state index contributed by atoms with van der Waals surface area (Å²) >= 11 is 0. The smallest absolute Gasteiger partial charge is 0.227 e. The van der Waals surface area contributed by atoms with E-state index in [9.17, 15) is 9.59 Å². The normalized spacial score (nSPS) is 19.9. The molecule has 2 amide bonds. The number of benzene rings is 1. The Morgan fingerprint density at radius 1 is 1.19 bits per heavy atom. The van der Waals surface area contributed by atoms with E-state index in [1.54, 1.807) is 17.0 Å². The number of methoxy groups -OCH3 is 3. The highest BCUT2D eigenvalue weighted by Gasteiger charge is 2.36. The van der Waals surface area contributed by atoms with Crippen LogP contribution in [0.1, 0.15) is 6.42 Å². The first-order chi connectivity index (χ1) is 12.6. The van der Waals surface area contributed by atoms with Crippen LogP contribution in [0.3, 0.4) is 0 Å². The van der Waals surface area contributed by atoms with Gasteiger partial charge in [0.25, 0.3) is 0 Å². The molecule has 26 heavy (non-hydrogen) atoms. The summed E-state index contributed by atoms with van der Waals surface area (Å²) in [5.74, 6) is 1.38. The zero-order valence-corrected chi connectivity index (χ0v) is 15.3. The van der Waals surface area contributed by atoms with Crippen molar-refractivity contribution in [2.75, 3.05) is 52.4 Å². The third-order valence-electron chi connectivity index (χ3n) is 4.89. The standard InChI is InChI=1S/C18H25N3O5/c1-24-14-5-13(6-15(25-2)17(14)26-3)21-10-12(4-16(21)22)18(23)20-9-11-7-19-8-11/h5-6,11-12,19H,4,7-10H2,1-3H3,(H,20,23). The van der Waals surface area contributed by atoms with E-state index in [-0.39, 0.29) is 24.2 Å². The Morgan fingerprint density at radius 2 is 1.85 bits per heavy atom. The maximum absolute atomic E-state index is 12.5. The van der Waals surface area contributed by atoms with Gasteiger partial charge in [-0.3, -0.25) is 9.59 Å². The summed E-state index contributed by atoms with van der Waals surface area (Å²) in [5.41, 5.74) is 0.628. The summed E-state index contributed by atoms with van der Waals surface area (Å²) < 4.78 is 16.0. The van der Waals surface area contributed by atoms with Crippen molar-refractivity contribution in [3.8, 4) is 17.2 Å². The zero-order chi connectivity index (χ0) is 18.7. The number of hydrogen-bond donors (Lipinski definition) is 2. The van der Waals surface area contributed by atoms with Crippen molar-refractivity contribution in [3.05, 3.63) is 12.1 Å². The van der Waals surface area contributed by atoms with Gasteiger partial charge in [0, 0.05) is 50.7 Å². The van der Waals surface area contributed by atoms with Gasteiger partial charge in [0.15, 0.2) is 11.5 Å². The van der Waals surface area contributed by atoms with Gasteiger partial charge in [0.2, 0.25) is 17.6 Å². The van der Waals surface area contributed by atoms with E-state index in [2.05, 4.69) is 10.6 Å². The zero-order valence-electron chi connectivity index (χ0n) is 15.3. The molecule has 2 heterocycles. The average molecular weight is 363 g/mol. The lowest BCUT2D eigenvalue weighted by Gasteiger charge is -2.27. The lowest BCUT2D eigenvalue weighted by molar-refractivity contribution is -0.126. The maximum Gasteiger partial charge on any atom is 0.227 e. The quantitative estimate of drug-likeness (QED) is 0.729. The van der Waals surface area contributed by atoms with Gasteiger partial charge in [0.1, 0.15) is 0 Å². The Kier molecular flexibility index (Phi) is 5.51. The number of carbonyl (C=O) groups is 2. The molecule has 0 saturated carbocycles. The Balaban J connectivity index is 1.72. The molecule has 142 valence electrons. The minimum Gasteiger partial charge on any atom is -0.493 e. The molecule has 3 rings (SSSR count). The molecular weight excluding hydrogens is 338 g/mol. The summed E-state index contributed by atoms with van der Waals surface area (Å²) in [6.45, 7) is 2.86. The van der Waals surface area contributed by atoms with Crippen LogP contribution >= 0.6 is 0 Å². The number of nitrogens with zero attached hydrogens (tertiary/aromatic N) is 1. The molecule has 2 aliphatic heterocycles. The van der Waals surface area contributed by atoms with Crippen LogP contribution < -0.4 is 29.7 Å². The van der Waals surface area contributed by atoms with E-state index < -0.39 is 0 Å². The summed E-state index contributed by atoms with van der Waals surface area (Å²) in [7, 11) is 4.58. The molecule has 1 aromatic carbocycles.